The third kappa shape index (κ3) is 3.66. The molecule has 0 aromatic heterocycles. The highest BCUT2D eigenvalue weighted by molar-refractivity contribution is 6.43. The second-order valence-electron chi connectivity index (χ2n) is 3.67. The van der Waals surface area contributed by atoms with Crippen molar-refractivity contribution in [3.8, 4) is 0 Å². The van der Waals surface area contributed by atoms with Crippen LogP contribution in [0.3, 0.4) is 0 Å². The Bertz CT molecular complexity index is 283. The Balaban J connectivity index is 2.63. The molecule has 0 aliphatic carbocycles. The van der Waals surface area contributed by atoms with Crippen molar-refractivity contribution in [2.45, 2.75) is 6.04 Å². The Hall–Kier alpha value is -0.843. The van der Waals surface area contributed by atoms with Crippen LogP contribution in [0, 0.1) is 0 Å². The van der Waals surface area contributed by atoms with Crippen LogP contribution in [0.4, 0.5) is 5.69 Å². The molecule has 1 aromatic rings. The van der Waals surface area contributed by atoms with Crippen LogP contribution in [0.1, 0.15) is 5.56 Å². The molecule has 0 amide bonds. The van der Waals surface area contributed by atoms with Gasteiger partial charge in [0, 0.05) is 40.0 Å². The van der Waals surface area contributed by atoms with Crippen molar-refractivity contribution < 1.29 is 8.85 Å². The normalized spacial score (nSPS) is 10.7. The fourth-order valence-electron chi connectivity index (χ4n) is 1.39. The first-order valence-electron chi connectivity index (χ1n) is 4.99. The van der Waals surface area contributed by atoms with E-state index in [4.69, 9.17) is 8.85 Å². The van der Waals surface area contributed by atoms with Crippen LogP contribution < -0.4 is 4.90 Å². The minimum atomic E-state index is -1.47. The van der Waals surface area contributed by atoms with Gasteiger partial charge in [-0.1, -0.05) is 12.1 Å². The minimum absolute atomic E-state index is 0.917. The van der Waals surface area contributed by atoms with Crippen LogP contribution in [0.5, 0.6) is 0 Å². The van der Waals surface area contributed by atoms with E-state index in [-0.39, 0.29) is 0 Å². The topological polar surface area (TPSA) is 21.7 Å². The maximum atomic E-state index is 5.29. The molecular weight excluding hydrogens is 206 g/mol. The number of hydrogen-bond donors (Lipinski definition) is 0. The van der Waals surface area contributed by atoms with E-state index in [0.29, 0.717) is 0 Å². The van der Waals surface area contributed by atoms with Gasteiger partial charge in [0.25, 0.3) is 0 Å². The summed E-state index contributed by atoms with van der Waals surface area (Å²) >= 11 is 0. The molecule has 84 valence electrons. The van der Waals surface area contributed by atoms with Gasteiger partial charge in [0.05, 0.1) is 0 Å². The fraction of sp³-hybridized carbons (Fsp3) is 0.455. The van der Waals surface area contributed by atoms with Gasteiger partial charge in [-0.3, -0.25) is 0 Å². The Morgan fingerprint density at radius 1 is 1.07 bits per heavy atom. The molecular formula is C11H19NO2Si. The van der Waals surface area contributed by atoms with E-state index in [0.717, 1.165) is 6.04 Å². The number of benzene rings is 1. The summed E-state index contributed by atoms with van der Waals surface area (Å²) < 4.78 is 10.6. The zero-order valence-electron chi connectivity index (χ0n) is 9.86. The second kappa shape index (κ2) is 5.90. The summed E-state index contributed by atoms with van der Waals surface area (Å²) in [7, 11) is 6.04. The van der Waals surface area contributed by atoms with E-state index in [1.54, 1.807) is 14.2 Å². The first kappa shape index (κ1) is 12.2. The lowest BCUT2D eigenvalue weighted by Gasteiger charge is -2.14. The number of hydrogen-bond acceptors (Lipinski definition) is 3. The molecule has 15 heavy (non-hydrogen) atoms. The molecule has 0 saturated heterocycles. The minimum Gasteiger partial charge on any atom is -0.400 e. The standard InChI is InChI=1S/C11H19NO2Si/c1-12(2)11-7-5-10(6-8-11)9-15(13-3)14-4/h5-8,15H,9H2,1-4H3. The smallest absolute Gasteiger partial charge is 0.325 e. The number of rotatable bonds is 5. The molecule has 0 fully saturated rings. The van der Waals surface area contributed by atoms with Crippen LogP contribution in [0.15, 0.2) is 24.3 Å². The molecule has 1 rings (SSSR count). The Labute approximate surface area is 93.5 Å². The fourth-order valence-corrected chi connectivity index (χ4v) is 2.57. The van der Waals surface area contributed by atoms with Crippen LogP contribution >= 0.6 is 0 Å². The van der Waals surface area contributed by atoms with E-state index in [2.05, 4.69) is 29.2 Å². The van der Waals surface area contributed by atoms with Gasteiger partial charge >= 0.3 is 9.28 Å². The molecule has 1 aromatic carbocycles. The SMILES string of the molecule is CO[SiH](Cc1ccc(N(C)C)cc1)OC. The average molecular weight is 225 g/mol. The predicted octanol–water partition coefficient (Wildman–Crippen LogP) is 1.35. The van der Waals surface area contributed by atoms with E-state index in [1.165, 1.54) is 11.3 Å². The van der Waals surface area contributed by atoms with Gasteiger partial charge in [0.15, 0.2) is 0 Å². The molecule has 4 heteroatoms. The van der Waals surface area contributed by atoms with Gasteiger partial charge < -0.3 is 13.8 Å². The predicted molar refractivity (Wildman–Crippen MR) is 65.6 cm³/mol. The summed E-state index contributed by atoms with van der Waals surface area (Å²) in [5.41, 5.74) is 2.49. The maximum absolute atomic E-state index is 5.29. The molecule has 0 aliphatic rings. The van der Waals surface area contributed by atoms with Gasteiger partial charge in [-0.05, 0) is 17.7 Å². The van der Waals surface area contributed by atoms with Gasteiger partial charge in [-0.25, -0.2) is 0 Å². The summed E-state index contributed by atoms with van der Waals surface area (Å²) in [5, 5.41) is 0. The molecule has 0 radical (unpaired) electrons. The monoisotopic (exact) mass is 225 g/mol. The third-order valence-corrected chi connectivity index (χ3v) is 4.24. The zero-order chi connectivity index (χ0) is 11.3. The van der Waals surface area contributed by atoms with Gasteiger partial charge in [0.1, 0.15) is 0 Å². The van der Waals surface area contributed by atoms with Crippen molar-refractivity contribution in [3.63, 3.8) is 0 Å². The van der Waals surface area contributed by atoms with Crippen LogP contribution in [0.25, 0.3) is 0 Å². The van der Waals surface area contributed by atoms with Gasteiger partial charge in [0.2, 0.25) is 0 Å². The molecule has 0 spiro atoms. The Morgan fingerprint density at radius 3 is 2.00 bits per heavy atom. The van der Waals surface area contributed by atoms with E-state index in [1.807, 2.05) is 14.1 Å². The van der Waals surface area contributed by atoms with Crippen molar-refractivity contribution in [2.75, 3.05) is 33.2 Å². The van der Waals surface area contributed by atoms with Crippen molar-refractivity contribution >= 4 is 15.0 Å². The molecule has 0 atom stereocenters. The van der Waals surface area contributed by atoms with Crippen molar-refractivity contribution in [2.24, 2.45) is 0 Å². The number of anilines is 1. The summed E-state index contributed by atoms with van der Waals surface area (Å²) in [6, 6.07) is 9.42. The van der Waals surface area contributed by atoms with Gasteiger partial charge in [-0.2, -0.15) is 0 Å². The van der Waals surface area contributed by atoms with E-state index >= 15 is 0 Å². The first-order chi connectivity index (χ1) is 7.17. The van der Waals surface area contributed by atoms with Crippen molar-refractivity contribution in [1.82, 2.24) is 0 Å². The molecule has 0 unspecified atom stereocenters. The average Bonchev–Trinajstić information content (AvgIpc) is 2.26. The molecule has 0 aliphatic heterocycles. The quantitative estimate of drug-likeness (QED) is 0.706. The molecule has 0 saturated carbocycles. The third-order valence-electron chi connectivity index (χ3n) is 2.38. The lowest BCUT2D eigenvalue weighted by Crippen LogP contribution is -2.22. The molecule has 3 nitrogen and oxygen atoms in total. The summed E-state index contributed by atoms with van der Waals surface area (Å²) in [4.78, 5) is 2.09. The zero-order valence-corrected chi connectivity index (χ0v) is 11.0. The van der Waals surface area contributed by atoms with Crippen LogP contribution in [-0.2, 0) is 14.9 Å². The Morgan fingerprint density at radius 2 is 1.60 bits per heavy atom. The van der Waals surface area contributed by atoms with Crippen molar-refractivity contribution in [1.29, 1.82) is 0 Å². The summed E-state index contributed by atoms with van der Waals surface area (Å²) in [5.74, 6) is 0. The summed E-state index contributed by atoms with van der Waals surface area (Å²) in [6.45, 7) is 0. The van der Waals surface area contributed by atoms with E-state index in [9.17, 15) is 0 Å². The maximum Gasteiger partial charge on any atom is 0.325 e. The largest absolute Gasteiger partial charge is 0.400 e. The van der Waals surface area contributed by atoms with E-state index < -0.39 is 9.28 Å². The van der Waals surface area contributed by atoms with Crippen molar-refractivity contribution in [3.05, 3.63) is 29.8 Å². The molecule has 0 heterocycles. The second-order valence-corrected chi connectivity index (χ2v) is 5.88. The molecule has 0 bridgehead atoms. The highest BCUT2D eigenvalue weighted by Gasteiger charge is 2.10. The highest BCUT2D eigenvalue weighted by Crippen LogP contribution is 2.13. The Kier molecular flexibility index (Phi) is 4.81. The first-order valence-corrected chi connectivity index (χ1v) is 6.75. The van der Waals surface area contributed by atoms with Crippen LogP contribution in [0.2, 0.25) is 0 Å². The lowest BCUT2D eigenvalue weighted by molar-refractivity contribution is 0.277. The number of nitrogens with zero attached hydrogens (tertiary/aromatic N) is 1. The van der Waals surface area contributed by atoms with Gasteiger partial charge in [-0.15, -0.1) is 0 Å². The van der Waals surface area contributed by atoms with Crippen LogP contribution in [-0.4, -0.2) is 37.6 Å². The highest BCUT2D eigenvalue weighted by atomic mass is 28.3. The lowest BCUT2D eigenvalue weighted by atomic mass is 10.2. The summed E-state index contributed by atoms with van der Waals surface area (Å²) in [6.07, 6.45) is 0. The molecule has 0 N–H and O–H groups in total.